The van der Waals surface area contributed by atoms with Crippen molar-refractivity contribution >= 4 is 11.9 Å². The summed E-state index contributed by atoms with van der Waals surface area (Å²) in [4.78, 5) is 23.3. The van der Waals surface area contributed by atoms with Gasteiger partial charge in [-0.25, -0.2) is 9.59 Å². The molecule has 0 rings (SSSR count). The zero-order chi connectivity index (χ0) is 13.6. The zero-order valence-corrected chi connectivity index (χ0v) is 10.8. The molecule has 0 fully saturated rings. The standard InChI is InChI=1S/C12H21NO4/c1-8(2)6-13(7-9(3)4)10(12(16)17)5-11(14)15/h5,8-9H,6-7H2,1-4H3,(H,14,15)(H,16,17)/b10-5+. The average molecular weight is 243 g/mol. The zero-order valence-electron chi connectivity index (χ0n) is 10.8. The molecule has 0 amide bonds. The molecule has 0 heterocycles. The summed E-state index contributed by atoms with van der Waals surface area (Å²) in [6.45, 7) is 8.93. The van der Waals surface area contributed by atoms with Crippen LogP contribution >= 0.6 is 0 Å². The molecule has 0 aromatic heterocycles. The number of hydrogen-bond acceptors (Lipinski definition) is 3. The van der Waals surface area contributed by atoms with Gasteiger partial charge >= 0.3 is 11.9 Å². The van der Waals surface area contributed by atoms with Crippen LogP contribution in [0, 0.1) is 11.8 Å². The Kier molecular flexibility index (Phi) is 6.31. The van der Waals surface area contributed by atoms with E-state index in [-0.39, 0.29) is 17.5 Å². The van der Waals surface area contributed by atoms with Crippen molar-refractivity contribution in [3.8, 4) is 0 Å². The first kappa shape index (κ1) is 15.5. The van der Waals surface area contributed by atoms with Gasteiger partial charge < -0.3 is 15.1 Å². The maximum atomic E-state index is 11.1. The molecule has 17 heavy (non-hydrogen) atoms. The van der Waals surface area contributed by atoms with E-state index in [1.807, 2.05) is 27.7 Å². The average Bonchev–Trinajstić information content (AvgIpc) is 2.10. The summed E-state index contributed by atoms with van der Waals surface area (Å²) in [7, 11) is 0. The Balaban J connectivity index is 5.06. The molecule has 0 saturated carbocycles. The highest BCUT2D eigenvalue weighted by atomic mass is 16.4. The number of hydrogen-bond donors (Lipinski definition) is 2. The molecule has 5 heteroatoms. The molecule has 0 aliphatic heterocycles. The second kappa shape index (κ2) is 6.93. The van der Waals surface area contributed by atoms with Gasteiger partial charge in [0.15, 0.2) is 0 Å². The third-order valence-electron chi connectivity index (χ3n) is 1.99. The quantitative estimate of drug-likeness (QED) is 0.665. The Morgan fingerprint density at radius 1 is 1.06 bits per heavy atom. The lowest BCUT2D eigenvalue weighted by Crippen LogP contribution is -2.34. The molecule has 0 saturated heterocycles. The van der Waals surface area contributed by atoms with Crippen molar-refractivity contribution < 1.29 is 19.8 Å². The van der Waals surface area contributed by atoms with E-state index in [4.69, 9.17) is 10.2 Å². The number of aliphatic carboxylic acids is 2. The van der Waals surface area contributed by atoms with E-state index in [9.17, 15) is 9.59 Å². The molecule has 0 radical (unpaired) electrons. The van der Waals surface area contributed by atoms with Crippen LogP contribution in [0.15, 0.2) is 11.8 Å². The summed E-state index contributed by atoms with van der Waals surface area (Å²) in [5.41, 5.74) is -0.153. The van der Waals surface area contributed by atoms with E-state index in [1.54, 1.807) is 4.90 Å². The van der Waals surface area contributed by atoms with Crippen LogP contribution in [0.3, 0.4) is 0 Å². The Bertz CT molecular complexity index is 298. The predicted octanol–water partition coefficient (Wildman–Crippen LogP) is 1.65. The lowest BCUT2D eigenvalue weighted by Gasteiger charge is -2.28. The number of carboxylic acid groups (broad SMARTS) is 2. The molecule has 98 valence electrons. The number of rotatable bonds is 7. The molecular formula is C12H21NO4. The van der Waals surface area contributed by atoms with Crippen LogP contribution in [0.2, 0.25) is 0 Å². The fraction of sp³-hybridized carbons (Fsp3) is 0.667. The van der Waals surface area contributed by atoms with Crippen molar-refractivity contribution in [2.45, 2.75) is 27.7 Å². The number of carbonyl (C=O) groups is 2. The van der Waals surface area contributed by atoms with Crippen LogP contribution in [0.4, 0.5) is 0 Å². The molecule has 5 nitrogen and oxygen atoms in total. The third kappa shape index (κ3) is 6.60. The van der Waals surface area contributed by atoms with Crippen molar-refractivity contribution in [1.29, 1.82) is 0 Å². The van der Waals surface area contributed by atoms with E-state index >= 15 is 0 Å². The fourth-order valence-electron chi connectivity index (χ4n) is 1.56. The molecule has 0 unspecified atom stereocenters. The molecule has 0 spiro atoms. The van der Waals surface area contributed by atoms with Gasteiger partial charge in [0.05, 0.1) is 6.08 Å². The van der Waals surface area contributed by atoms with Crippen LogP contribution in [0.25, 0.3) is 0 Å². The van der Waals surface area contributed by atoms with Crippen molar-refractivity contribution in [2.24, 2.45) is 11.8 Å². The summed E-state index contributed by atoms with van der Waals surface area (Å²) >= 11 is 0. The van der Waals surface area contributed by atoms with E-state index in [1.165, 1.54) is 0 Å². The van der Waals surface area contributed by atoms with Gasteiger partial charge in [0.25, 0.3) is 0 Å². The van der Waals surface area contributed by atoms with E-state index in [0.717, 1.165) is 6.08 Å². The van der Waals surface area contributed by atoms with E-state index in [0.29, 0.717) is 13.1 Å². The van der Waals surface area contributed by atoms with Gasteiger partial charge in [-0.3, -0.25) is 0 Å². The monoisotopic (exact) mass is 243 g/mol. The smallest absolute Gasteiger partial charge is 0.352 e. The van der Waals surface area contributed by atoms with Gasteiger partial charge in [0, 0.05) is 13.1 Å². The summed E-state index contributed by atoms with van der Waals surface area (Å²) in [6.07, 6.45) is 0.757. The molecule has 0 aliphatic rings. The maximum absolute atomic E-state index is 11.1. The molecule has 0 aliphatic carbocycles. The minimum atomic E-state index is -1.24. The predicted molar refractivity (Wildman–Crippen MR) is 64.6 cm³/mol. The summed E-state index contributed by atoms with van der Waals surface area (Å²) in [6, 6.07) is 0. The van der Waals surface area contributed by atoms with Crippen molar-refractivity contribution in [2.75, 3.05) is 13.1 Å². The largest absolute Gasteiger partial charge is 0.478 e. The lowest BCUT2D eigenvalue weighted by molar-refractivity contribution is -0.136. The van der Waals surface area contributed by atoms with E-state index in [2.05, 4.69) is 0 Å². The second-order valence-electron chi connectivity index (χ2n) is 4.87. The molecular weight excluding hydrogens is 222 g/mol. The first-order chi connectivity index (χ1) is 7.73. The molecule has 0 aromatic carbocycles. The summed E-state index contributed by atoms with van der Waals surface area (Å²) in [5.74, 6) is -1.90. The van der Waals surface area contributed by atoms with Crippen LogP contribution in [0.5, 0.6) is 0 Å². The van der Waals surface area contributed by atoms with Gasteiger partial charge in [0.2, 0.25) is 0 Å². The first-order valence-electron chi connectivity index (χ1n) is 5.66. The van der Waals surface area contributed by atoms with Gasteiger partial charge in [-0.1, -0.05) is 27.7 Å². The molecule has 2 N–H and O–H groups in total. The SMILES string of the molecule is CC(C)CN(CC(C)C)/C(=C/C(=O)O)C(=O)O. The van der Waals surface area contributed by atoms with Crippen molar-refractivity contribution in [3.63, 3.8) is 0 Å². The Labute approximate surface area is 102 Å². The Morgan fingerprint density at radius 3 is 1.71 bits per heavy atom. The van der Waals surface area contributed by atoms with Crippen LogP contribution in [-0.2, 0) is 9.59 Å². The molecule has 0 aromatic rings. The first-order valence-corrected chi connectivity index (χ1v) is 5.66. The molecule has 0 bridgehead atoms. The van der Waals surface area contributed by atoms with Gasteiger partial charge in [0.1, 0.15) is 5.70 Å². The number of nitrogens with zero attached hydrogens (tertiary/aromatic N) is 1. The third-order valence-corrected chi connectivity index (χ3v) is 1.99. The highest BCUT2D eigenvalue weighted by Crippen LogP contribution is 2.12. The number of carboxylic acids is 2. The van der Waals surface area contributed by atoms with Gasteiger partial charge in [-0.05, 0) is 11.8 Å². The van der Waals surface area contributed by atoms with Crippen molar-refractivity contribution in [1.82, 2.24) is 4.90 Å². The van der Waals surface area contributed by atoms with Crippen LogP contribution < -0.4 is 0 Å². The second-order valence-corrected chi connectivity index (χ2v) is 4.87. The highest BCUT2D eigenvalue weighted by Gasteiger charge is 2.19. The summed E-state index contributed by atoms with van der Waals surface area (Å²) < 4.78 is 0. The van der Waals surface area contributed by atoms with Gasteiger partial charge in [-0.15, -0.1) is 0 Å². The lowest BCUT2D eigenvalue weighted by atomic mass is 10.1. The topological polar surface area (TPSA) is 77.8 Å². The minimum absolute atomic E-state index is 0.153. The summed E-state index contributed by atoms with van der Waals surface area (Å²) in [5, 5.41) is 17.7. The Hall–Kier alpha value is -1.52. The fourth-order valence-corrected chi connectivity index (χ4v) is 1.56. The van der Waals surface area contributed by atoms with E-state index < -0.39 is 11.9 Å². The Morgan fingerprint density at radius 2 is 1.47 bits per heavy atom. The maximum Gasteiger partial charge on any atom is 0.352 e. The minimum Gasteiger partial charge on any atom is -0.478 e. The highest BCUT2D eigenvalue weighted by molar-refractivity contribution is 5.94. The van der Waals surface area contributed by atoms with Crippen LogP contribution in [0.1, 0.15) is 27.7 Å². The van der Waals surface area contributed by atoms with Crippen LogP contribution in [-0.4, -0.2) is 40.1 Å². The molecule has 0 atom stereocenters. The van der Waals surface area contributed by atoms with Crippen molar-refractivity contribution in [3.05, 3.63) is 11.8 Å². The normalized spacial score (nSPS) is 12.0. The van der Waals surface area contributed by atoms with Gasteiger partial charge in [-0.2, -0.15) is 0 Å².